The topological polar surface area (TPSA) is 18.5 Å². The highest BCUT2D eigenvalue weighted by Crippen LogP contribution is 2.25. The van der Waals surface area contributed by atoms with Gasteiger partial charge in [0.1, 0.15) is 6.61 Å². The van der Waals surface area contributed by atoms with Gasteiger partial charge in [0.15, 0.2) is 0 Å². The van der Waals surface area contributed by atoms with E-state index in [9.17, 15) is 0 Å². The second-order valence-electron chi connectivity index (χ2n) is 5.73. The van der Waals surface area contributed by atoms with Gasteiger partial charge in [-0.15, -0.1) is 6.58 Å². The van der Waals surface area contributed by atoms with Crippen LogP contribution in [0, 0.1) is 11.8 Å². The van der Waals surface area contributed by atoms with Gasteiger partial charge in [0.05, 0.1) is 12.9 Å². The van der Waals surface area contributed by atoms with Gasteiger partial charge in [0.25, 0.3) is 0 Å². The molecule has 0 N–H and O–H groups in total. The van der Waals surface area contributed by atoms with E-state index in [-0.39, 0.29) is 0 Å². The van der Waals surface area contributed by atoms with Crippen molar-refractivity contribution in [2.45, 2.75) is 25.9 Å². The van der Waals surface area contributed by atoms with Crippen LogP contribution in [0.4, 0.5) is 0 Å². The van der Waals surface area contributed by atoms with Crippen LogP contribution in [0.2, 0.25) is 0 Å². The Balaban J connectivity index is 2.37. The lowest BCUT2D eigenvalue weighted by Crippen LogP contribution is -2.15. The first-order valence-electron chi connectivity index (χ1n) is 8.49. The Morgan fingerprint density at radius 2 is 1.92 bits per heavy atom. The zero-order chi connectivity index (χ0) is 17.5. The summed E-state index contributed by atoms with van der Waals surface area (Å²) >= 11 is 3.62. The summed E-state index contributed by atoms with van der Waals surface area (Å²) in [6.45, 7) is 9.52. The van der Waals surface area contributed by atoms with Crippen molar-refractivity contribution in [2.24, 2.45) is 11.8 Å². The smallest absolute Gasteiger partial charge is 0.105 e. The van der Waals surface area contributed by atoms with Crippen LogP contribution in [0.15, 0.2) is 68.0 Å². The van der Waals surface area contributed by atoms with Gasteiger partial charge < -0.3 is 9.47 Å². The average molecular weight is 393 g/mol. The maximum absolute atomic E-state index is 5.79. The summed E-state index contributed by atoms with van der Waals surface area (Å²) in [7, 11) is 0. The highest BCUT2D eigenvalue weighted by Gasteiger charge is 2.16. The SMILES string of the molecule is C=CCO/C=C/[C@@H](CCCOCc1ccccc1)[C@@H](CBr)CC=C. The molecule has 0 unspecified atom stereocenters. The Morgan fingerprint density at radius 1 is 1.12 bits per heavy atom. The largest absolute Gasteiger partial charge is 0.497 e. The van der Waals surface area contributed by atoms with Crippen molar-refractivity contribution in [3.05, 3.63) is 73.5 Å². The number of allylic oxidation sites excluding steroid dienone is 2. The highest BCUT2D eigenvalue weighted by atomic mass is 79.9. The molecule has 0 bridgehead atoms. The molecule has 0 aromatic heterocycles. The van der Waals surface area contributed by atoms with E-state index in [1.807, 2.05) is 24.3 Å². The fraction of sp³-hybridized carbons (Fsp3) is 0.429. The molecule has 0 saturated heterocycles. The molecule has 1 rings (SSSR count). The third-order valence-electron chi connectivity index (χ3n) is 3.85. The fourth-order valence-corrected chi connectivity index (χ4v) is 3.27. The lowest BCUT2D eigenvalue weighted by molar-refractivity contribution is 0.113. The van der Waals surface area contributed by atoms with Gasteiger partial charge >= 0.3 is 0 Å². The Kier molecular flexibility index (Phi) is 12.1. The minimum atomic E-state index is 0.451. The van der Waals surface area contributed by atoms with Crippen LogP contribution in [0.25, 0.3) is 0 Å². The van der Waals surface area contributed by atoms with Crippen LogP contribution in [-0.4, -0.2) is 18.5 Å². The van der Waals surface area contributed by atoms with Crippen LogP contribution < -0.4 is 0 Å². The van der Waals surface area contributed by atoms with Crippen molar-refractivity contribution in [2.75, 3.05) is 18.5 Å². The van der Waals surface area contributed by atoms with Gasteiger partial charge in [-0.25, -0.2) is 0 Å². The molecule has 24 heavy (non-hydrogen) atoms. The van der Waals surface area contributed by atoms with E-state index in [1.54, 1.807) is 12.3 Å². The van der Waals surface area contributed by atoms with Crippen LogP contribution in [0.3, 0.4) is 0 Å². The Labute approximate surface area is 155 Å². The normalized spacial score (nSPS) is 13.5. The summed E-state index contributed by atoms with van der Waals surface area (Å²) in [6, 6.07) is 10.3. The van der Waals surface area contributed by atoms with Crippen molar-refractivity contribution in [1.82, 2.24) is 0 Å². The van der Waals surface area contributed by atoms with Crippen LogP contribution in [0.5, 0.6) is 0 Å². The number of rotatable bonds is 14. The first kappa shape index (κ1) is 20.7. The first-order chi connectivity index (χ1) is 11.8. The van der Waals surface area contributed by atoms with Gasteiger partial charge in [0.2, 0.25) is 0 Å². The maximum Gasteiger partial charge on any atom is 0.105 e. The number of hydrogen-bond donors (Lipinski definition) is 0. The predicted octanol–water partition coefficient (Wildman–Crippen LogP) is 5.90. The van der Waals surface area contributed by atoms with Gasteiger partial charge in [-0.1, -0.05) is 65.0 Å². The fourth-order valence-electron chi connectivity index (χ4n) is 2.52. The molecule has 0 radical (unpaired) electrons. The van der Waals surface area contributed by atoms with E-state index in [0.29, 0.717) is 25.0 Å². The molecule has 0 spiro atoms. The van der Waals surface area contributed by atoms with Crippen LogP contribution >= 0.6 is 15.9 Å². The van der Waals surface area contributed by atoms with Gasteiger partial charge in [-0.3, -0.25) is 0 Å². The number of alkyl halides is 1. The molecule has 2 atom stereocenters. The van der Waals surface area contributed by atoms with Crippen molar-refractivity contribution in [1.29, 1.82) is 0 Å². The van der Waals surface area contributed by atoms with Gasteiger partial charge in [0, 0.05) is 11.9 Å². The Hall–Kier alpha value is -1.32. The summed E-state index contributed by atoms with van der Waals surface area (Å²) in [5.74, 6) is 0.979. The summed E-state index contributed by atoms with van der Waals surface area (Å²) in [5, 5.41) is 0.959. The van der Waals surface area contributed by atoms with E-state index in [4.69, 9.17) is 9.47 Å². The van der Waals surface area contributed by atoms with E-state index in [0.717, 1.165) is 31.2 Å². The van der Waals surface area contributed by atoms with Crippen molar-refractivity contribution in [3.8, 4) is 0 Å². The maximum atomic E-state index is 5.79. The Morgan fingerprint density at radius 3 is 2.58 bits per heavy atom. The zero-order valence-electron chi connectivity index (χ0n) is 14.4. The third-order valence-corrected chi connectivity index (χ3v) is 4.68. The number of hydrogen-bond acceptors (Lipinski definition) is 2. The van der Waals surface area contributed by atoms with Crippen molar-refractivity contribution in [3.63, 3.8) is 0 Å². The van der Waals surface area contributed by atoms with Crippen molar-refractivity contribution < 1.29 is 9.47 Å². The van der Waals surface area contributed by atoms with E-state index < -0.39 is 0 Å². The average Bonchev–Trinajstić information content (AvgIpc) is 2.62. The molecule has 1 aromatic carbocycles. The Bertz CT molecular complexity index is 470. The molecule has 0 saturated carbocycles. The third kappa shape index (κ3) is 9.09. The molecular formula is C21H29BrO2. The number of benzene rings is 1. The van der Waals surface area contributed by atoms with E-state index >= 15 is 0 Å². The summed E-state index contributed by atoms with van der Waals surface area (Å²) < 4.78 is 11.2. The molecule has 3 heteroatoms. The van der Waals surface area contributed by atoms with Crippen molar-refractivity contribution >= 4 is 15.9 Å². The van der Waals surface area contributed by atoms with E-state index in [1.165, 1.54) is 5.56 Å². The molecule has 0 amide bonds. The van der Waals surface area contributed by atoms with Gasteiger partial charge in [-0.2, -0.15) is 0 Å². The lowest BCUT2D eigenvalue weighted by Gasteiger charge is -2.21. The molecule has 1 aromatic rings. The summed E-state index contributed by atoms with van der Waals surface area (Å²) in [6.07, 6.45) is 10.8. The first-order valence-corrected chi connectivity index (χ1v) is 9.61. The monoisotopic (exact) mass is 392 g/mol. The summed E-state index contributed by atoms with van der Waals surface area (Å²) in [4.78, 5) is 0. The molecule has 132 valence electrons. The molecule has 0 fully saturated rings. The zero-order valence-corrected chi connectivity index (χ0v) is 16.0. The minimum absolute atomic E-state index is 0.451. The molecule has 0 aliphatic rings. The van der Waals surface area contributed by atoms with E-state index in [2.05, 4.69) is 47.3 Å². The number of halogens is 1. The van der Waals surface area contributed by atoms with Crippen LogP contribution in [-0.2, 0) is 16.1 Å². The second-order valence-corrected chi connectivity index (χ2v) is 6.38. The van der Waals surface area contributed by atoms with Crippen LogP contribution in [0.1, 0.15) is 24.8 Å². The molecule has 2 nitrogen and oxygen atoms in total. The van der Waals surface area contributed by atoms with Gasteiger partial charge in [-0.05, 0) is 42.7 Å². The standard InChI is InChI=1S/C21H29BrO2/c1-3-9-21(17-22)20(13-16-23-14-4-2)12-8-15-24-18-19-10-6-5-7-11-19/h3-7,10-11,13,16,20-21H,1-2,8-9,12,14-15,17-18H2/b16-13+/t20-,21-/m1/s1. The predicted molar refractivity (Wildman–Crippen MR) is 106 cm³/mol. The number of ether oxygens (including phenoxy) is 2. The quantitative estimate of drug-likeness (QED) is 0.169. The summed E-state index contributed by atoms with van der Waals surface area (Å²) in [5.41, 5.74) is 1.22. The second kappa shape index (κ2) is 14.1. The molecular weight excluding hydrogens is 364 g/mol. The molecule has 0 aliphatic heterocycles. The highest BCUT2D eigenvalue weighted by molar-refractivity contribution is 9.09. The molecule has 0 heterocycles. The minimum Gasteiger partial charge on any atom is -0.497 e. The molecule has 0 aliphatic carbocycles. The lowest BCUT2D eigenvalue weighted by atomic mass is 9.87.